The van der Waals surface area contributed by atoms with Gasteiger partial charge in [-0.05, 0) is 74.9 Å². The van der Waals surface area contributed by atoms with E-state index in [-0.39, 0.29) is 35.7 Å². The Morgan fingerprint density at radius 1 is 0.974 bits per heavy atom. The largest absolute Gasteiger partial charge is 0.508 e. The van der Waals surface area contributed by atoms with Crippen molar-refractivity contribution in [2.75, 3.05) is 26.2 Å². The first-order valence-corrected chi connectivity index (χ1v) is 13.9. The number of aromatic hydroxyl groups is 1. The Labute approximate surface area is 234 Å². The van der Waals surface area contributed by atoms with Gasteiger partial charge in [0.2, 0.25) is 5.91 Å². The highest BCUT2D eigenvalue weighted by atomic mass is 35.5. The van der Waals surface area contributed by atoms with Crippen LogP contribution in [0.5, 0.6) is 5.75 Å². The van der Waals surface area contributed by atoms with Gasteiger partial charge in [0, 0.05) is 38.2 Å². The molecular weight excluding hydrogens is 523 g/mol. The minimum absolute atomic E-state index is 0.0234. The van der Waals surface area contributed by atoms with Crippen molar-refractivity contribution in [3.8, 4) is 17.6 Å². The van der Waals surface area contributed by atoms with Crippen LogP contribution in [0.4, 0.5) is 0 Å². The quantitative estimate of drug-likeness (QED) is 0.455. The molecular formula is C30H34Cl2N2O4. The Morgan fingerprint density at radius 3 is 2.11 bits per heavy atom. The number of piperidine rings is 2. The maximum Gasteiger partial charge on any atom is 0.254 e. The maximum atomic E-state index is 13.0. The minimum Gasteiger partial charge on any atom is -0.508 e. The number of ether oxygens (including phenoxy) is 1. The van der Waals surface area contributed by atoms with E-state index in [1.807, 2.05) is 28.9 Å². The number of hydrogen-bond acceptors (Lipinski definition) is 4. The second kappa shape index (κ2) is 12.9. The van der Waals surface area contributed by atoms with Gasteiger partial charge in [-0.1, -0.05) is 41.3 Å². The van der Waals surface area contributed by atoms with Crippen molar-refractivity contribution in [2.24, 2.45) is 0 Å². The molecule has 0 unspecified atom stereocenters. The van der Waals surface area contributed by atoms with Gasteiger partial charge in [0.25, 0.3) is 5.91 Å². The number of phenolic OH excluding ortho intramolecular Hbond substituents is 1. The van der Waals surface area contributed by atoms with Gasteiger partial charge in [-0.25, -0.2) is 0 Å². The average Bonchev–Trinajstić information content (AvgIpc) is 2.91. The molecule has 2 aromatic rings. The number of phenols is 1. The predicted molar refractivity (Wildman–Crippen MR) is 150 cm³/mol. The molecule has 0 bridgehead atoms. The molecule has 8 heteroatoms. The van der Waals surface area contributed by atoms with E-state index in [1.165, 1.54) is 0 Å². The van der Waals surface area contributed by atoms with Gasteiger partial charge in [-0.2, -0.15) is 0 Å². The zero-order chi connectivity index (χ0) is 27.2. The summed E-state index contributed by atoms with van der Waals surface area (Å²) in [6.45, 7) is 6.25. The molecule has 2 saturated heterocycles. The number of amides is 2. The van der Waals surface area contributed by atoms with Crippen LogP contribution in [0.3, 0.4) is 0 Å². The SMILES string of the molecule is CC#C[C@@H](CC(=O)N1CCC(OC2CCN(C(=O)c3cc(Cl)c(Cl)cc3C)CC2)CC1)c1ccc(O)cc1. The molecule has 2 aliphatic rings. The number of carbonyl (C=O) groups is 2. The van der Waals surface area contributed by atoms with Gasteiger partial charge < -0.3 is 19.6 Å². The molecule has 4 rings (SSSR count). The molecule has 2 heterocycles. The van der Waals surface area contributed by atoms with Gasteiger partial charge in [0.05, 0.1) is 28.2 Å². The molecule has 2 aliphatic heterocycles. The minimum atomic E-state index is -0.192. The van der Waals surface area contributed by atoms with Crippen LogP contribution < -0.4 is 0 Å². The van der Waals surface area contributed by atoms with Crippen LogP contribution in [0.15, 0.2) is 36.4 Å². The van der Waals surface area contributed by atoms with Gasteiger partial charge >= 0.3 is 0 Å². The Balaban J connectivity index is 1.23. The smallest absolute Gasteiger partial charge is 0.254 e. The molecule has 0 spiro atoms. The summed E-state index contributed by atoms with van der Waals surface area (Å²) in [5, 5.41) is 10.4. The first kappa shape index (κ1) is 28.3. The molecule has 1 atom stereocenters. The third-order valence-electron chi connectivity index (χ3n) is 7.40. The Morgan fingerprint density at radius 2 is 1.53 bits per heavy atom. The second-order valence-electron chi connectivity index (χ2n) is 10.0. The van der Waals surface area contributed by atoms with Crippen LogP contribution in [0.1, 0.15) is 66.4 Å². The number of rotatable bonds is 6. The highest BCUT2D eigenvalue weighted by Gasteiger charge is 2.30. The summed E-state index contributed by atoms with van der Waals surface area (Å²) in [6.07, 6.45) is 3.73. The summed E-state index contributed by atoms with van der Waals surface area (Å²) in [5.41, 5.74) is 2.34. The van der Waals surface area contributed by atoms with E-state index in [1.54, 1.807) is 31.2 Å². The lowest BCUT2D eigenvalue weighted by Gasteiger charge is -2.37. The number of benzene rings is 2. The van der Waals surface area contributed by atoms with Crippen molar-refractivity contribution in [2.45, 2.75) is 64.1 Å². The van der Waals surface area contributed by atoms with Crippen LogP contribution in [-0.2, 0) is 9.53 Å². The predicted octanol–water partition coefficient (Wildman–Crippen LogP) is 5.82. The van der Waals surface area contributed by atoms with Gasteiger partial charge in [-0.3, -0.25) is 9.59 Å². The van der Waals surface area contributed by atoms with E-state index in [4.69, 9.17) is 27.9 Å². The summed E-state index contributed by atoms with van der Waals surface area (Å²) in [6, 6.07) is 10.3. The van der Waals surface area contributed by atoms with Crippen molar-refractivity contribution in [1.29, 1.82) is 0 Å². The van der Waals surface area contributed by atoms with Crippen molar-refractivity contribution >= 4 is 35.0 Å². The molecule has 1 N–H and O–H groups in total. The average molecular weight is 558 g/mol. The van der Waals surface area contributed by atoms with Gasteiger partial charge in [0.1, 0.15) is 5.75 Å². The summed E-state index contributed by atoms with van der Waals surface area (Å²) < 4.78 is 6.39. The number of nitrogens with zero attached hydrogens (tertiary/aromatic N) is 2. The van der Waals surface area contributed by atoms with E-state index in [0.29, 0.717) is 48.2 Å². The zero-order valence-corrected chi connectivity index (χ0v) is 23.4. The summed E-state index contributed by atoms with van der Waals surface area (Å²) >= 11 is 12.2. The molecule has 2 fully saturated rings. The first-order chi connectivity index (χ1) is 18.2. The number of carbonyl (C=O) groups excluding carboxylic acids is 2. The van der Waals surface area contributed by atoms with Crippen LogP contribution in [-0.4, -0.2) is 65.1 Å². The lowest BCUT2D eigenvalue weighted by molar-refractivity contribution is -0.135. The molecule has 6 nitrogen and oxygen atoms in total. The number of halogens is 2. The highest BCUT2D eigenvalue weighted by molar-refractivity contribution is 6.42. The lowest BCUT2D eigenvalue weighted by Crippen LogP contribution is -2.45. The molecule has 0 aromatic heterocycles. The Kier molecular flexibility index (Phi) is 9.59. The van der Waals surface area contributed by atoms with Crippen LogP contribution in [0.2, 0.25) is 10.0 Å². The second-order valence-corrected chi connectivity index (χ2v) is 10.8. The Bertz CT molecular complexity index is 1210. The topological polar surface area (TPSA) is 70.1 Å². The summed E-state index contributed by atoms with van der Waals surface area (Å²) in [5.74, 6) is 6.14. The van der Waals surface area contributed by atoms with Gasteiger partial charge in [-0.15, -0.1) is 5.92 Å². The number of hydrogen-bond donors (Lipinski definition) is 1. The summed E-state index contributed by atoms with van der Waals surface area (Å²) in [7, 11) is 0. The van der Waals surface area contributed by atoms with Crippen molar-refractivity contribution in [3.05, 3.63) is 63.1 Å². The fraction of sp³-hybridized carbons (Fsp3) is 0.467. The van der Waals surface area contributed by atoms with E-state index in [9.17, 15) is 14.7 Å². The first-order valence-electron chi connectivity index (χ1n) is 13.1. The zero-order valence-electron chi connectivity index (χ0n) is 21.9. The fourth-order valence-corrected chi connectivity index (χ4v) is 5.57. The third kappa shape index (κ3) is 7.02. The van der Waals surface area contributed by atoms with E-state index >= 15 is 0 Å². The maximum absolute atomic E-state index is 13.0. The van der Waals surface area contributed by atoms with Crippen LogP contribution in [0, 0.1) is 18.8 Å². The molecule has 0 aliphatic carbocycles. The van der Waals surface area contributed by atoms with E-state index < -0.39 is 0 Å². The molecule has 2 aromatic carbocycles. The van der Waals surface area contributed by atoms with E-state index in [2.05, 4.69) is 11.8 Å². The van der Waals surface area contributed by atoms with Crippen LogP contribution >= 0.6 is 23.2 Å². The van der Waals surface area contributed by atoms with Crippen molar-refractivity contribution in [3.63, 3.8) is 0 Å². The lowest BCUT2D eigenvalue weighted by atomic mass is 9.95. The standard InChI is InChI=1S/C30H34Cl2N2O4/c1-3-4-22(21-5-7-23(35)8-6-21)18-29(36)33-13-9-24(10-14-33)38-25-11-15-34(16-12-25)30(37)26-19-28(32)27(31)17-20(26)2/h5-8,17,19,22,24-25,35H,9-16,18H2,1-2H3/t22-/m0/s1. The monoisotopic (exact) mass is 556 g/mol. The Hall–Kier alpha value is -2.72. The molecule has 202 valence electrons. The van der Waals surface area contributed by atoms with Crippen molar-refractivity contribution in [1.82, 2.24) is 9.80 Å². The normalized spacial score (nSPS) is 17.6. The van der Waals surface area contributed by atoms with Gasteiger partial charge in [0.15, 0.2) is 0 Å². The van der Waals surface area contributed by atoms with E-state index in [0.717, 1.165) is 36.8 Å². The third-order valence-corrected chi connectivity index (χ3v) is 8.12. The highest BCUT2D eigenvalue weighted by Crippen LogP contribution is 2.28. The van der Waals surface area contributed by atoms with Crippen molar-refractivity contribution < 1.29 is 19.4 Å². The summed E-state index contributed by atoms with van der Waals surface area (Å²) in [4.78, 5) is 29.8. The fourth-order valence-electron chi connectivity index (χ4n) is 5.19. The molecule has 2 amide bonds. The molecule has 0 radical (unpaired) electrons. The number of aryl methyl sites for hydroxylation is 1. The molecule has 0 saturated carbocycles. The number of likely N-dealkylation sites (tertiary alicyclic amines) is 2. The molecule has 38 heavy (non-hydrogen) atoms. The van der Waals surface area contributed by atoms with Crippen LogP contribution in [0.25, 0.3) is 0 Å².